The third-order valence-corrected chi connectivity index (χ3v) is 4.11. The van der Waals surface area contributed by atoms with Crippen LogP contribution in [0.3, 0.4) is 0 Å². The first-order chi connectivity index (χ1) is 10.0. The molecule has 0 amide bonds. The summed E-state index contributed by atoms with van der Waals surface area (Å²) in [5.41, 5.74) is 0.465. The lowest BCUT2D eigenvalue weighted by Crippen LogP contribution is -2.39. The first-order valence-electron chi connectivity index (χ1n) is 7.36. The Morgan fingerprint density at radius 3 is 2.86 bits per heavy atom. The molecule has 0 spiro atoms. The zero-order chi connectivity index (χ0) is 15.4. The predicted molar refractivity (Wildman–Crippen MR) is 79.7 cm³/mol. The van der Waals surface area contributed by atoms with Crippen LogP contribution in [-0.2, 0) is 6.54 Å². The van der Waals surface area contributed by atoms with E-state index in [9.17, 15) is 14.5 Å². The van der Waals surface area contributed by atoms with Crippen LogP contribution in [0.4, 0.5) is 10.1 Å². The van der Waals surface area contributed by atoms with Crippen LogP contribution in [0, 0.1) is 15.9 Å². The van der Waals surface area contributed by atoms with Gasteiger partial charge in [0, 0.05) is 37.3 Å². The van der Waals surface area contributed by atoms with Gasteiger partial charge in [0.05, 0.1) is 4.92 Å². The quantitative estimate of drug-likeness (QED) is 0.633. The number of nitro benzene ring substituents is 1. The summed E-state index contributed by atoms with van der Waals surface area (Å²) in [4.78, 5) is 15.2. The molecule has 0 unspecified atom stereocenters. The van der Waals surface area contributed by atoms with Gasteiger partial charge >= 0.3 is 0 Å². The van der Waals surface area contributed by atoms with Crippen LogP contribution < -0.4 is 0 Å². The van der Waals surface area contributed by atoms with Crippen molar-refractivity contribution in [2.75, 3.05) is 26.7 Å². The highest BCUT2D eigenvalue weighted by atomic mass is 19.1. The van der Waals surface area contributed by atoms with Crippen LogP contribution in [0.2, 0.25) is 0 Å². The van der Waals surface area contributed by atoms with E-state index < -0.39 is 10.7 Å². The van der Waals surface area contributed by atoms with Gasteiger partial charge in [-0.3, -0.25) is 15.0 Å². The van der Waals surface area contributed by atoms with E-state index in [1.54, 1.807) is 0 Å². The summed E-state index contributed by atoms with van der Waals surface area (Å²) in [6, 6.07) is 4.05. The lowest BCUT2D eigenvalue weighted by Gasteiger charge is -2.30. The average molecular weight is 295 g/mol. The molecule has 1 saturated heterocycles. The van der Waals surface area contributed by atoms with E-state index in [4.69, 9.17) is 0 Å². The van der Waals surface area contributed by atoms with Crippen molar-refractivity contribution in [1.82, 2.24) is 9.80 Å². The third-order valence-electron chi connectivity index (χ3n) is 4.11. The van der Waals surface area contributed by atoms with Gasteiger partial charge in [0.25, 0.3) is 5.69 Å². The fourth-order valence-corrected chi connectivity index (χ4v) is 2.97. The third kappa shape index (κ3) is 3.98. The molecule has 1 fully saturated rings. The van der Waals surface area contributed by atoms with Crippen LogP contribution in [0.5, 0.6) is 0 Å². The fraction of sp³-hybridized carbons (Fsp3) is 0.600. The average Bonchev–Trinajstić information content (AvgIpc) is 2.60. The number of nitrogens with zero attached hydrogens (tertiary/aromatic N) is 3. The molecule has 0 radical (unpaired) electrons. The van der Waals surface area contributed by atoms with Crippen molar-refractivity contribution in [3.8, 4) is 0 Å². The molecule has 1 aromatic rings. The molecule has 6 heteroatoms. The Labute approximate surface area is 124 Å². The summed E-state index contributed by atoms with van der Waals surface area (Å²) in [6.07, 6.45) is 2.00. The summed E-state index contributed by atoms with van der Waals surface area (Å²) in [7, 11) is 2.09. The van der Waals surface area contributed by atoms with Gasteiger partial charge < -0.3 is 4.90 Å². The summed E-state index contributed by atoms with van der Waals surface area (Å²) in [6.45, 7) is 5.41. The van der Waals surface area contributed by atoms with Crippen molar-refractivity contribution >= 4 is 5.69 Å². The molecule has 1 atom stereocenters. The van der Waals surface area contributed by atoms with Gasteiger partial charge in [-0.05, 0) is 38.6 Å². The number of halogens is 1. The molecule has 5 nitrogen and oxygen atoms in total. The second-order valence-electron chi connectivity index (χ2n) is 5.68. The number of rotatable bonds is 4. The molecular formula is C15H22FN3O2. The molecule has 0 bridgehead atoms. The molecule has 0 aromatic heterocycles. The van der Waals surface area contributed by atoms with Gasteiger partial charge in [0.15, 0.2) is 0 Å². The normalized spacial score (nSPS) is 21.2. The van der Waals surface area contributed by atoms with Crippen molar-refractivity contribution in [2.45, 2.75) is 32.4 Å². The monoisotopic (exact) mass is 295 g/mol. The van der Waals surface area contributed by atoms with Crippen molar-refractivity contribution < 1.29 is 9.31 Å². The van der Waals surface area contributed by atoms with Gasteiger partial charge in [-0.2, -0.15) is 0 Å². The molecule has 0 N–H and O–H groups in total. The minimum Gasteiger partial charge on any atom is -0.305 e. The van der Waals surface area contributed by atoms with E-state index >= 15 is 0 Å². The van der Waals surface area contributed by atoms with Crippen LogP contribution in [0.25, 0.3) is 0 Å². The number of hydrogen-bond donors (Lipinski definition) is 0. The molecule has 21 heavy (non-hydrogen) atoms. The van der Waals surface area contributed by atoms with E-state index in [2.05, 4.69) is 23.8 Å². The summed E-state index contributed by atoms with van der Waals surface area (Å²) in [5.74, 6) is -0.421. The number of benzene rings is 1. The molecule has 1 heterocycles. The lowest BCUT2D eigenvalue weighted by molar-refractivity contribution is -0.385. The Hall–Kier alpha value is -1.53. The van der Waals surface area contributed by atoms with Crippen LogP contribution >= 0.6 is 0 Å². The molecule has 1 aliphatic rings. The summed E-state index contributed by atoms with van der Waals surface area (Å²) >= 11 is 0. The van der Waals surface area contributed by atoms with Crippen molar-refractivity contribution in [2.24, 2.45) is 0 Å². The Kier molecular flexibility index (Phi) is 5.25. The van der Waals surface area contributed by atoms with E-state index in [1.807, 2.05) is 0 Å². The van der Waals surface area contributed by atoms with Crippen LogP contribution in [0.15, 0.2) is 18.2 Å². The first kappa shape index (κ1) is 15.9. The lowest BCUT2D eigenvalue weighted by atomic mass is 10.1. The van der Waals surface area contributed by atoms with Gasteiger partial charge in [-0.15, -0.1) is 0 Å². The van der Waals surface area contributed by atoms with Crippen LogP contribution in [0.1, 0.15) is 25.3 Å². The zero-order valence-corrected chi connectivity index (χ0v) is 12.6. The smallest absolute Gasteiger partial charge is 0.274 e. The van der Waals surface area contributed by atoms with E-state index in [0.717, 1.165) is 38.5 Å². The standard InChI is InChI=1S/C15H22FN3O2/c1-3-14-11-17(2)7-4-8-18(14)10-12-9-13(16)5-6-15(12)19(20)21/h5-6,9,14H,3-4,7-8,10-11H2,1-2H3/t14-/m1/s1. The molecule has 1 aliphatic heterocycles. The Bertz CT molecular complexity index is 510. The van der Waals surface area contributed by atoms with Gasteiger partial charge in [-0.25, -0.2) is 4.39 Å². The highest BCUT2D eigenvalue weighted by Gasteiger charge is 2.25. The number of nitro groups is 1. The van der Waals surface area contributed by atoms with E-state index in [-0.39, 0.29) is 5.69 Å². The Balaban J connectivity index is 2.23. The van der Waals surface area contributed by atoms with Gasteiger partial charge in [0.1, 0.15) is 5.82 Å². The largest absolute Gasteiger partial charge is 0.305 e. The summed E-state index contributed by atoms with van der Waals surface area (Å²) < 4.78 is 13.4. The molecule has 0 saturated carbocycles. The second kappa shape index (κ2) is 6.95. The Morgan fingerprint density at radius 2 is 2.19 bits per heavy atom. The van der Waals surface area contributed by atoms with Crippen molar-refractivity contribution in [3.05, 3.63) is 39.7 Å². The predicted octanol–water partition coefficient (Wildman–Crippen LogP) is 2.65. The SMILES string of the molecule is CC[C@@H]1CN(C)CCCN1Cc1cc(F)ccc1[N+](=O)[O-]. The van der Waals surface area contributed by atoms with Crippen molar-refractivity contribution in [1.29, 1.82) is 0 Å². The van der Waals surface area contributed by atoms with Crippen molar-refractivity contribution in [3.63, 3.8) is 0 Å². The van der Waals surface area contributed by atoms with Gasteiger partial charge in [-0.1, -0.05) is 6.92 Å². The van der Waals surface area contributed by atoms with Gasteiger partial charge in [0.2, 0.25) is 0 Å². The maximum atomic E-state index is 13.4. The van der Waals surface area contributed by atoms with E-state index in [0.29, 0.717) is 18.2 Å². The molecule has 2 rings (SSSR count). The summed E-state index contributed by atoms with van der Waals surface area (Å²) in [5, 5.41) is 11.1. The topological polar surface area (TPSA) is 49.6 Å². The highest BCUT2D eigenvalue weighted by molar-refractivity contribution is 5.40. The fourth-order valence-electron chi connectivity index (χ4n) is 2.97. The number of hydrogen-bond acceptors (Lipinski definition) is 4. The molecule has 116 valence electrons. The first-order valence-corrected chi connectivity index (χ1v) is 7.36. The van der Waals surface area contributed by atoms with E-state index in [1.165, 1.54) is 12.1 Å². The number of likely N-dealkylation sites (N-methyl/N-ethyl adjacent to an activating group) is 1. The molecular weight excluding hydrogens is 273 g/mol. The molecule has 1 aromatic carbocycles. The second-order valence-corrected chi connectivity index (χ2v) is 5.68. The molecule has 0 aliphatic carbocycles. The van der Waals surface area contributed by atoms with Crippen LogP contribution in [-0.4, -0.2) is 47.4 Å². The Morgan fingerprint density at radius 1 is 1.43 bits per heavy atom. The minimum absolute atomic E-state index is 0.00357. The maximum Gasteiger partial charge on any atom is 0.274 e. The zero-order valence-electron chi connectivity index (χ0n) is 12.6. The minimum atomic E-state index is -0.431. The maximum absolute atomic E-state index is 13.4. The highest BCUT2D eigenvalue weighted by Crippen LogP contribution is 2.23.